The summed E-state index contributed by atoms with van der Waals surface area (Å²) in [6.07, 6.45) is 0. The fourth-order valence-corrected chi connectivity index (χ4v) is 3.75. The maximum Gasteiger partial charge on any atom is 0.336 e. The number of hydrogen-bond acceptors (Lipinski definition) is 4. The Morgan fingerprint density at radius 2 is 1.79 bits per heavy atom. The molecular weight excluding hydrogens is 428 g/mol. The summed E-state index contributed by atoms with van der Waals surface area (Å²) in [5, 5.41) is 9.04. The maximum absolute atomic E-state index is 12.3. The molecule has 5 nitrogen and oxygen atoms in total. The lowest BCUT2D eigenvalue weighted by atomic mass is 10.2. The average molecular weight is 438 g/mol. The number of rotatable bonds is 6. The highest BCUT2D eigenvalue weighted by Crippen LogP contribution is 2.27. The molecule has 0 saturated heterocycles. The largest absolute Gasteiger partial charge is 0.478 e. The van der Waals surface area contributed by atoms with Crippen molar-refractivity contribution in [2.75, 3.05) is 4.72 Å². The summed E-state index contributed by atoms with van der Waals surface area (Å²) in [4.78, 5) is 11.1. The second-order valence-corrected chi connectivity index (χ2v) is 8.06. The third-order valence-corrected chi connectivity index (χ3v) is 5.60. The molecule has 0 radical (unpaired) electrons. The molecule has 0 saturated carbocycles. The van der Waals surface area contributed by atoms with Gasteiger partial charge in [-0.1, -0.05) is 11.8 Å². The number of benzene rings is 2. The highest BCUT2D eigenvalue weighted by molar-refractivity contribution is 9.10. The zero-order valence-electron chi connectivity index (χ0n) is 11.7. The molecule has 10 heteroatoms. The van der Waals surface area contributed by atoms with Crippen LogP contribution in [0.4, 0.5) is 14.5 Å². The lowest BCUT2D eigenvalue weighted by Gasteiger charge is -2.10. The van der Waals surface area contributed by atoms with Gasteiger partial charge in [-0.25, -0.2) is 13.2 Å². The minimum Gasteiger partial charge on any atom is -0.478 e. The Hall–Kier alpha value is -1.65. The highest BCUT2D eigenvalue weighted by Gasteiger charge is 2.18. The van der Waals surface area contributed by atoms with Crippen molar-refractivity contribution in [1.29, 1.82) is 0 Å². The Morgan fingerprint density at radius 3 is 2.33 bits per heavy atom. The van der Waals surface area contributed by atoms with Crippen molar-refractivity contribution in [1.82, 2.24) is 0 Å². The van der Waals surface area contributed by atoms with E-state index in [4.69, 9.17) is 5.11 Å². The Kier molecular flexibility index (Phi) is 5.83. The van der Waals surface area contributed by atoms with Gasteiger partial charge in [-0.15, -0.1) is 0 Å². The quantitative estimate of drug-likeness (QED) is 0.659. The highest BCUT2D eigenvalue weighted by atomic mass is 79.9. The van der Waals surface area contributed by atoms with E-state index >= 15 is 0 Å². The summed E-state index contributed by atoms with van der Waals surface area (Å²) < 4.78 is 51.6. The van der Waals surface area contributed by atoms with Crippen molar-refractivity contribution in [3.8, 4) is 0 Å². The Morgan fingerprint density at radius 1 is 1.17 bits per heavy atom. The van der Waals surface area contributed by atoms with Crippen molar-refractivity contribution >= 4 is 49.4 Å². The number of thioether (sulfide) groups is 1. The van der Waals surface area contributed by atoms with Crippen LogP contribution in [0, 0.1) is 0 Å². The van der Waals surface area contributed by atoms with E-state index in [1.165, 1.54) is 36.4 Å². The number of hydrogen-bond donors (Lipinski definition) is 2. The molecule has 0 bridgehead atoms. The zero-order chi connectivity index (χ0) is 17.9. The van der Waals surface area contributed by atoms with Crippen molar-refractivity contribution in [2.45, 2.75) is 15.5 Å². The fraction of sp³-hybridized carbons (Fsp3) is 0.0714. The first-order valence-electron chi connectivity index (χ1n) is 6.29. The van der Waals surface area contributed by atoms with Gasteiger partial charge in [0.2, 0.25) is 0 Å². The number of carboxylic acids is 1. The number of sulfonamides is 1. The van der Waals surface area contributed by atoms with E-state index in [0.717, 1.165) is 6.07 Å². The van der Waals surface area contributed by atoms with Crippen LogP contribution >= 0.6 is 27.7 Å². The second kappa shape index (κ2) is 7.49. The van der Waals surface area contributed by atoms with E-state index in [-0.39, 0.29) is 20.6 Å². The molecule has 2 rings (SSSR count). The third kappa shape index (κ3) is 4.68. The van der Waals surface area contributed by atoms with Gasteiger partial charge in [-0.2, -0.15) is 8.78 Å². The van der Waals surface area contributed by atoms with E-state index in [2.05, 4.69) is 20.7 Å². The summed E-state index contributed by atoms with van der Waals surface area (Å²) in [6, 6.07) is 9.01. The lowest BCUT2D eigenvalue weighted by molar-refractivity contribution is 0.0695. The first kappa shape index (κ1) is 18.7. The fourth-order valence-electron chi connectivity index (χ4n) is 1.75. The maximum atomic E-state index is 12.3. The SMILES string of the molecule is O=C(O)c1cc(S(=O)(=O)Nc2ccc(SC(F)F)cc2)ccc1Br. The van der Waals surface area contributed by atoms with Gasteiger partial charge in [0.05, 0.1) is 10.5 Å². The van der Waals surface area contributed by atoms with Crippen LogP contribution in [0.2, 0.25) is 0 Å². The van der Waals surface area contributed by atoms with Crippen LogP contribution in [-0.4, -0.2) is 25.3 Å². The number of alkyl halides is 2. The molecule has 0 aliphatic rings. The number of nitrogens with one attached hydrogen (secondary N) is 1. The van der Waals surface area contributed by atoms with Gasteiger partial charge in [0.25, 0.3) is 15.8 Å². The number of aromatic carboxylic acids is 1. The molecule has 24 heavy (non-hydrogen) atoms. The van der Waals surface area contributed by atoms with E-state index in [0.29, 0.717) is 16.7 Å². The predicted molar refractivity (Wildman–Crippen MR) is 90.2 cm³/mol. The summed E-state index contributed by atoms with van der Waals surface area (Å²) in [5.41, 5.74) is -0.0185. The Balaban J connectivity index is 2.25. The van der Waals surface area contributed by atoms with Crippen molar-refractivity contribution in [3.05, 3.63) is 52.5 Å². The molecule has 0 amide bonds. The molecule has 2 N–H and O–H groups in total. The molecule has 0 aliphatic carbocycles. The van der Waals surface area contributed by atoms with Crippen LogP contribution in [0.25, 0.3) is 0 Å². The number of anilines is 1. The molecule has 0 fully saturated rings. The minimum atomic E-state index is -4.01. The van der Waals surface area contributed by atoms with E-state index < -0.39 is 21.8 Å². The topological polar surface area (TPSA) is 83.5 Å². The minimum absolute atomic E-state index is 0.174. The smallest absolute Gasteiger partial charge is 0.336 e. The van der Waals surface area contributed by atoms with Crippen LogP contribution in [0.3, 0.4) is 0 Å². The van der Waals surface area contributed by atoms with Gasteiger partial charge in [0.15, 0.2) is 0 Å². The molecule has 2 aromatic rings. The van der Waals surface area contributed by atoms with Crippen LogP contribution in [0.1, 0.15) is 10.4 Å². The first-order chi connectivity index (χ1) is 11.2. The summed E-state index contributed by atoms with van der Waals surface area (Å²) in [5.74, 6) is -3.84. The number of carbonyl (C=O) groups is 1. The molecule has 0 spiro atoms. The molecule has 0 unspecified atom stereocenters. The molecule has 0 heterocycles. The summed E-state index contributed by atoms with van der Waals surface area (Å²) in [6.45, 7) is 0. The molecule has 2 aromatic carbocycles. The van der Waals surface area contributed by atoms with Crippen LogP contribution < -0.4 is 4.72 Å². The lowest BCUT2D eigenvalue weighted by Crippen LogP contribution is -2.14. The summed E-state index contributed by atoms with van der Waals surface area (Å²) >= 11 is 3.38. The van der Waals surface area contributed by atoms with Gasteiger partial charge in [0.1, 0.15) is 0 Å². The molecule has 0 atom stereocenters. The van der Waals surface area contributed by atoms with Gasteiger partial charge < -0.3 is 5.11 Å². The Labute approximate surface area is 149 Å². The van der Waals surface area contributed by atoms with Crippen molar-refractivity contribution in [3.63, 3.8) is 0 Å². The van der Waals surface area contributed by atoms with Crippen LogP contribution in [-0.2, 0) is 10.0 Å². The second-order valence-electron chi connectivity index (χ2n) is 4.46. The van der Waals surface area contributed by atoms with Crippen molar-refractivity contribution < 1.29 is 27.1 Å². The first-order valence-corrected chi connectivity index (χ1v) is 9.45. The zero-order valence-corrected chi connectivity index (χ0v) is 15.0. The van der Waals surface area contributed by atoms with E-state index in [1.807, 2.05) is 0 Å². The standard InChI is InChI=1S/C14H10BrF2NO4S2/c15-12-6-5-10(7-11(12)13(19)20)24(21,22)18-8-1-3-9(4-2-8)23-14(16)17/h1-7,14,18H,(H,19,20). The van der Waals surface area contributed by atoms with Gasteiger partial charge in [-0.3, -0.25) is 4.72 Å². The molecule has 0 aromatic heterocycles. The van der Waals surface area contributed by atoms with Crippen LogP contribution in [0.5, 0.6) is 0 Å². The predicted octanol–water partition coefficient (Wildman–Crippen LogP) is 4.26. The number of carboxylic acid groups (broad SMARTS) is 1. The Bertz CT molecular complexity index is 858. The third-order valence-electron chi connectivity index (χ3n) is 2.81. The molecule has 128 valence electrons. The van der Waals surface area contributed by atoms with Gasteiger partial charge in [-0.05, 0) is 58.4 Å². The van der Waals surface area contributed by atoms with Gasteiger partial charge in [0, 0.05) is 15.1 Å². The van der Waals surface area contributed by atoms with Crippen LogP contribution in [0.15, 0.2) is 56.7 Å². The van der Waals surface area contributed by atoms with Gasteiger partial charge >= 0.3 is 5.97 Å². The monoisotopic (exact) mass is 437 g/mol. The van der Waals surface area contributed by atoms with E-state index in [1.54, 1.807) is 0 Å². The normalized spacial score (nSPS) is 11.5. The molecular formula is C14H10BrF2NO4S2. The summed E-state index contributed by atoms with van der Waals surface area (Å²) in [7, 11) is -4.01. The number of halogens is 3. The van der Waals surface area contributed by atoms with E-state index in [9.17, 15) is 22.0 Å². The molecule has 0 aliphatic heterocycles. The van der Waals surface area contributed by atoms with Crippen molar-refractivity contribution in [2.24, 2.45) is 0 Å². The average Bonchev–Trinajstić information content (AvgIpc) is 2.48.